The summed E-state index contributed by atoms with van der Waals surface area (Å²) in [6, 6.07) is 0. The number of nitrogens with zero attached hydrogens (tertiary/aromatic N) is 1. The highest BCUT2D eigenvalue weighted by Gasteiger charge is 2.31. The summed E-state index contributed by atoms with van der Waals surface area (Å²) >= 11 is 0. The van der Waals surface area contributed by atoms with E-state index in [4.69, 9.17) is 11.5 Å². The Labute approximate surface area is 89.8 Å². The molecule has 2 amide bonds. The molecule has 0 aromatic carbocycles. The zero-order chi connectivity index (χ0) is 11.4. The summed E-state index contributed by atoms with van der Waals surface area (Å²) in [6.45, 7) is 3.50. The first-order valence-electron chi connectivity index (χ1n) is 5.34. The molecule has 1 aliphatic rings. The Bertz CT molecular complexity index is 255. The topological polar surface area (TPSA) is 89.4 Å². The van der Waals surface area contributed by atoms with E-state index in [-0.39, 0.29) is 23.7 Å². The highest BCUT2D eigenvalue weighted by Crippen LogP contribution is 2.18. The normalized spacial score (nSPS) is 22.8. The maximum atomic E-state index is 11.8. The Morgan fingerprint density at radius 3 is 2.67 bits per heavy atom. The van der Waals surface area contributed by atoms with Crippen LogP contribution in [-0.4, -0.2) is 36.3 Å². The van der Waals surface area contributed by atoms with E-state index in [0.717, 1.165) is 0 Å². The lowest BCUT2D eigenvalue weighted by molar-refractivity contribution is -0.134. The fourth-order valence-electron chi connectivity index (χ4n) is 1.88. The number of nitrogens with two attached hydrogens (primary N) is 2. The SMILES string of the molecule is CC(CCN)C(=O)N1CCC(C(N)=O)C1. The van der Waals surface area contributed by atoms with Crippen molar-refractivity contribution in [1.82, 2.24) is 4.90 Å². The second kappa shape index (κ2) is 5.11. The number of carbonyl (C=O) groups excluding carboxylic acids is 2. The lowest BCUT2D eigenvalue weighted by Crippen LogP contribution is -2.35. The molecule has 1 saturated heterocycles. The van der Waals surface area contributed by atoms with Gasteiger partial charge in [0.15, 0.2) is 0 Å². The van der Waals surface area contributed by atoms with Crippen molar-refractivity contribution in [2.24, 2.45) is 23.3 Å². The summed E-state index contributed by atoms with van der Waals surface area (Å²) in [7, 11) is 0. The summed E-state index contributed by atoms with van der Waals surface area (Å²) in [6.07, 6.45) is 1.38. The molecule has 86 valence electrons. The van der Waals surface area contributed by atoms with E-state index in [9.17, 15) is 9.59 Å². The molecule has 2 unspecified atom stereocenters. The average molecular weight is 213 g/mol. The van der Waals surface area contributed by atoms with E-state index in [1.807, 2.05) is 6.92 Å². The van der Waals surface area contributed by atoms with Crippen molar-refractivity contribution >= 4 is 11.8 Å². The fourth-order valence-corrected chi connectivity index (χ4v) is 1.88. The second-order valence-electron chi connectivity index (χ2n) is 4.15. The number of rotatable bonds is 4. The van der Waals surface area contributed by atoms with Crippen LogP contribution in [0.3, 0.4) is 0 Å². The van der Waals surface area contributed by atoms with Crippen molar-refractivity contribution in [3.8, 4) is 0 Å². The fraction of sp³-hybridized carbons (Fsp3) is 0.800. The Morgan fingerprint density at radius 1 is 1.53 bits per heavy atom. The van der Waals surface area contributed by atoms with Gasteiger partial charge in [-0.25, -0.2) is 0 Å². The zero-order valence-electron chi connectivity index (χ0n) is 9.11. The smallest absolute Gasteiger partial charge is 0.225 e. The van der Waals surface area contributed by atoms with Gasteiger partial charge in [-0.3, -0.25) is 9.59 Å². The van der Waals surface area contributed by atoms with Crippen LogP contribution in [0.5, 0.6) is 0 Å². The predicted octanol–water partition coefficient (Wildman–Crippen LogP) is -0.695. The molecular weight excluding hydrogens is 194 g/mol. The van der Waals surface area contributed by atoms with E-state index in [2.05, 4.69) is 0 Å². The molecule has 15 heavy (non-hydrogen) atoms. The quantitative estimate of drug-likeness (QED) is 0.647. The Hall–Kier alpha value is -1.10. The molecule has 5 nitrogen and oxygen atoms in total. The van der Waals surface area contributed by atoms with Gasteiger partial charge in [0.1, 0.15) is 0 Å². The molecule has 5 heteroatoms. The van der Waals surface area contributed by atoms with Crippen LogP contribution in [0.1, 0.15) is 19.8 Å². The molecular formula is C10H19N3O2. The molecule has 4 N–H and O–H groups in total. The third-order valence-corrected chi connectivity index (χ3v) is 2.92. The van der Waals surface area contributed by atoms with Crippen LogP contribution in [0.4, 0.5) is 0 Å². The molecule has 0 aromatic heterocycles. The van der Waals surface area contributed by atoms with Crippen molar-refractivity contribution in [2.75, 3.05) is 19.6 Å². The molecule has 2 atom stereocenters. The first kappa shape index (κ1) is 12.0. The van der Waals surface area contributed by atoms with E-state index in [1.54, 1.807) is 4.90 Å². The summed E-state index contributed by atoms with van der Waals surface area (Å²) in [5, 5.41) is 0. The lowest BCUT2D eigenvalue weighted by atomic mass is 10.1. The van der Waals surface area contributed by atoms with Crippen molar-refractivity contribution in [3.63, 3.8) is 0 Å². The van der Waals surface area contributed by atoms with Gasteiger partial charge in [0, 0.05) is 19.0 Å². The van der Waals surface area contributed by atoms with Gasteiger partial charge in [-0.05, 0) is 19.4 Å². The van der Waals surface area contributed by atoms with Crippen molar-refractivity contribution in [1.29, 1.82) is 0 Å². The van der Waals surface area contributed by atoms with Gasteiger partial charge in [0.25, 0.3) is 0 Å². The van der Waals surface area contributed by atoms with Crippen LogP contribution >= 0.6 is 0 Å². The lowest BCUT2D eigenvalue weighted by Gasteiger charge is -2.20. The molecule has 1 fully saturated rings. The summed E-state index contributed by atoms with van der Waals surface area (Å²) < 4.78 is 0. The highest BCUT2D eigenvalue weighted by molar-refractivity contribution is 5.82. The van der Waals surface area contributed by atoms with Crippen molar-refractivity contribution < 1.29 is 9.59 Å². The number of likely N-dealkylation sites (tertiary alicyclic amines) is 1. The number of primary amides is 1. The number of hydrogen-bond acceptors (Lipinski definition) is 3. The first-order chi connectivity index (χ1) is 7.06. The van der Waals surface area contributed by atoms with Crippen molar-refractivity contribution in [3.05, 3.63) is 0 Å². The van der Waals surface area contributed by atoms with Crippen LogP contribution in [0.25, 0.3) is 0 Å². The standard InChI is InChI=1S/C10H19N3O2/c1-7(2-4-11)10(15)13-5-3-8(6-13)9(12)14/h7-8H,2-6,11H2,1H3,(H2,12,14). The number of carbonyl (C=O) groups is 2. The van der Waals surface area contributed by atoms with Crippen LogP contribution in [0, 0.1) is 11.8 Å². The van der Waals surface area contributed by atoms with Gasteiger partial charge in [-0.1, -0.05) is 6.92 Å². The molecule has 0 spiro atoms. The van der Waals surface area contributed by atoms with Crippen LogP contribution in [-0.2, 0) is 9.59 Å². The van der Waals surface area contributed by atoms with Gasteiger partial charge in [0.05, 0.1) is 5.92 Å². The number of amides is 2. The van der Waals surface area contributed by atoms with Crippen LogP contribution in [0.15, 0.2) is 0 Å². The van der Waals surface area contributed by atoms with E-state index in [1.165, 1.54) is 0 Å². The summed E-state index contributed by atoms with van der Waals surface area (Å²) in [5.74, 6) is -0.443. The zero-order valence-corrected chi connectivity index (χ0v) is 9.11. The maximum Gasteiger partial charge on any atom is 0.225 e. The van der Waals surface area contributed by atoms with Gasteiger partial charge >= 0.3 is 0 Å². The molecule has 0 aliphatic carbocycles. The van der Waals surface area contributed by atoms with Crippen LogP contribution < -0.4 is 11.5 Å². The molecule has 1 aliphatic heterocycles. The van der Waals surface area contributed by atoms with Gasteiger partial charge in [-0.15, -0.1) is 0 Å². The predicted molar refractivity (Wildman–Crippen MR) is 56.7 cm³/mol. The minimum absolute atomic E-state index is 0.0540. The van der Waals surface area contributed by atoms with E-state index < -0.39 is 0 Å². The van der Waals surface area contributed by atoms with E-state index in [0.29, 0.717) is 32.5 Å². The second-order valence-corrected chi connectivity index (χ2v) is 4.15. The molecule has 1 heterocycles. The molecule has 0 bridgehead atoms. The van der Waals surface area contributed by atoms with Gasteiger partial charge in [0.2, 0.25) is 11.8 Å². The highest BCUT2D eigenvalue weighted by atomic mass is 16.2. The first-order valence-corrected chi connectivity index (χ1v) is 5.34. The maximum absolute atomic E-state index is 11.8. The molecule has 0 aromatic rings. The Morgan fingerprint density at radius 2 is 2.20 bits per heavy atom. The molecule has 1 rings (SSSR count). The number of hydrogen-bond donors (Lipinski definition) is 2. The Balaban J connectivity index is 2.46. The van der Waals surface area contributed by atoms with Crippen molar-refractivity contribution in [2.45, 2.75) is 19.8 Å². The third kappa shape index (κ3) is 2.92. The van der Waals surface area contributed by atoms with Gasteiger partial charge in [-0.2, -0.15) is 0 Å². The minimum Gasteiger partial charge on any atom is -0.369 e. The molecule has 0 saturated carbocycles. The summed E-state index contributed by atoms with van der Waals surface area (Å²) in [5.41, 5.74) is 10.6. The van der Waals surface area contributed by atoms with E-state index >= 15 is 0 Å². The Kier molecular flexibility index (Phi) is 4.08. The third-order valence-electron chi connectivity index (χ3n) is 2.92. The minimum atomic E-state index is -0.309. The largest absolute Gasteiger partial charge is 0.369 e. The van der Waals surface area contributed by atoms with Crippen LogP contribution in [0.2, 0.25) is 0 Å². The van der Waals surface area contributed by atoms with Gasteiger partial charge < -0.3 is 16.4 Å². The summed E-state index contributed by atoms with van der Waals surface area (Å²) in [4.78, 5) is 24.5. The average Bonchev–Trinajstić information content (AvgIpc) is 2.65. The molecule has 0 radical (unpaired) electrons. The monoisotopic (exact) mass is 213 g/mol.